The summed E-state index contributed by atoms with van der Waals surface area (Å²) in [6, 6.07) is 0. The van der Waals surface area contributed by atoms with Gasteiger partial charge in [-0.2, -0.15) is 5.10 Å². The molecule has 0 aliphatic rings. The first kappa shape index (κ1) is 12.0. The maximum Gasteiger partial charge on any atom is 0.221 e. The molecule has 1 aromatic rings. The SMILES string of the molecule is CC(=O)Nc1c(C)nn(C(C)(C)C)c1Cl. The first-order valence-corrected chi connectivity index (χ1v) is 5.14. The van der Waals surface area contributed by atoms with Gasteiger partial charge in [0.1, 0.15) is 5.69 Å². The van der Waals surface area contributed by atoms with Crippen molar-refractivity contribution < 1.29 is 4.79 Å². The third-order valence-electron chi connectivity index (χ3n) is 1.94. The number of aryl methyl sites for hydroxylation is 1. The van der Waals surface area contributed by atoms with Crippen LogP contribution in [0.1, 0.15) is 33.4 Å². The zero-order chi connectivity index (χ0) is 11.8. The number of hydrogen-bond acceptors (Lipinski definition) is 2. The Labute approximate surface area is 94.6 Å². The van der Waals surface area contributed by atoms with Crippen LogP contribution in [0, 0.1) is 6.92 Å². The van der Waals surface area contributed by atoms with Crippen molar-refractivity contribution in [1.29, 1.82) is 0 Å². The van der Waals surface area contributed by atoms with Crippen LogP contribution in [-0.4, -0.2) is 15.7 Å². The van der Waals surface area contributed by atoms with Crippen molar-refractivity contribution in [2.24, 2.45) is 0 Å². The second-order valence-electron chi connectivity index (χ2n) is 4.52. The number of anilines is 1. The molecule has 84 valence electrons. The molecule has 1 rings (SSSR count). The summed E-state index contributed by atoms with van der Waals surface area (Å²) in [6.07, 6.45) is 0. The fraction of sp³-hybridized carbons (Fsp3) is 0.600. The summed E-state index contributed by atoms with van der Waals surface area (Å²) in [6.45, 7) is 9.28. The van der Waals surface area contributed by atoms with Crippen molar-refractivity contribution >= 4 is 23.2 Å². The Morgan fingerprint density at radius 3 is 2.33 bits per heavy atom. The number of hydrogen-bond donors (Lipinski definition) is 1. The van der Waals surface area contributed by atoms with Crippen molar-refractivity contribution in [3.05, 3.63) is 10.8 Å². The van der Waals surface area contributed by atoms with Crippen molar-refractivity contribution in [2.75, 3.05) is 5.32 Å². The molecule has 0 unspecified atom stereocenters. The minimum Gasteiger partial charge on any atom is -0.322 e. The zero-order valence-corrected chi connectivity index (χ0v) is 10.4. The molecule has 0 bridgehead atoms. The van der Waals surface area contributed by atoms with E-state index in [1.165, 1.54) is 6.92 Å². The van der Waals surface area contributed by atoms with Crippen LogP contribution in [0.5, 0.6) is 0 Å². The topological polar surface area (TPSA) is 46.9 Å². The van der Waals surface area contributed by atoms with Crippen LogP contribution in [0.15, 0.2) is 0 Å². The Bertz CT molecular complexity index is 390. The van der Waals surface area contributed by atoms with Gasteiger partial charge in [0.25, 0.3) is 0 Å². The third kappa shape index (κ3) is 2.50. The Kier molecular flexibility index (Phi) is 3.09. The minimum absolute atomic E-state index is 0.145. The van der Waals surface area contributed by atoms with E-state index in [0.29, 0.717) is 10.8 Å². The second kappa shape index (κ2) is 3.85. The highest BCUT2D eigenvalue weighted by Crippen LogP contribution is 2.30. The Morgan fingerprint density at radius 2 is 2.00 bits per heavy atom. The summed E-state index contributed by atoms with van der Waals surface area (Å²) in [5, 5.41) is 7.45. The number of carbonyl (C=O) groups is 1. The summed E-state index contributed by atoms with van der Waals surface area (Å²) in [4.78, 5) is 11.0. The molecule has 0 radical (unpaired) electrons. The largest absolute Gasteiger partial charge is 0.322 e. The van der Waals surface area contributed by atoms with Crippen LogP contribution in [0.25, 0.3) is 0 Å². The molecule has 0 aliphatic carbocycles. The Balaban J connectivity index is 3.21. The van der Waals surface area contributed by atoms with E-state index in [2.05, 4.69) is 10.4 Å². The van der Waals surface area contributed by atoms with E-state index in [9.17, 15) is 4.79 Å². The van der Waals surface area contributed by atoms with Crippen LogP contribution in [-0.2, 0) is 10.3 Å². The summed E-state index contributed by atoms with van der Waals surface area (Å²) in [7, 11) is 0. The number of nitrogens with zero attached hydrogens (tertiary/aromatic N) is 2. The second-order valence-corrected chi connectivity index (χ2v) is 4.87. The molecular weight excluding hydrogens is 214 g/mol. The third-order valence-corrected chi connectivity index (χ3v) is 2.29. The van der Waals surface area contributed by atoms with Gasteiger partial charge in [0.05, 0.1) is 11.2 Å². The lowest BCUT2D eigenvalue weighted by Crippen LogP contribution is -2.23. The van der Waals surface area contributed by atoms with Gasteiger partial charge in [-0.1, -0.05) is 11.6 Å². The molecule has 0 spiro atoms. The molecule has 0 saturated carbocycles. The molecule has 1 amide bonds. The van der Waals surface area contributed by atoms with E-state index >= 15 is 0 Å². The maximum absolute atomic E-state index is 11.0. The Hall–Kier alpha value is -1.03. The molecule has 1 N–H and O–H groups in total. The zero-order valence-electron chi connectivity index (χ0n) is 9.68. The predicted molar refractivity (Wildman–Crippen MR) is 61.3 cm³/mol. The first-order chi connectivity index (χ1) is 6.73. The van der Waals surface area contributed by atoms with Crippen LogP contribution >= 0.6 is 11.6 Å². The summed E-state index contributed by atoms with van der Waals surface area (Å²) in [5.74, 6) is -0.145. The van der Waals surface area contributed by atoms with E-state index in [1.54, 1.807) is 4.68 Å². The van der Waals surface area contributed by atoms with Crippen LogP contribution in [0.4, 0.5) is 5.69 Å². The lowest BCUT2D eigenvalue weighted by atomic mass is 10.1. The molecule has 0 atom stereocenters. The molecule has 0 fully saturated rings. The number of rotatable bonds is 1. The molecule has 1 aromatic heterocycles. The normalized spacial score (nSPS) is 11.6. The fourth-order valence-corrected chi connectivity index (χ4v) is 1.74. The fourth-order valence-electron chi connectivity index (χ4n) is 1.26. The van der Waals surface area contributed by atoms with Gasteiger partial charge in [0, 0.05) is 6.92 Å². The number of carbonyl (C=O) groups excluding carboxylic acids is 1. The minimum atomic E-state index is -0.196. The highest BCUT2D eigenvalue weighted by Gasteiger charge is 2.22. The number of nitrogens with one attached hydrogen (secondary N) is 1. The van der Waals surface area contributed by atoms with Crippen LogP contribution in [0.2, 0.25) is 5.15 Å². The van der Waals surface area contributed by atoms with Crippen molar-refractivity contribution in [1.82, 2.24) is 9.78 Å². The van der Waals surface area contributed by atoms with Crippen LogP contribution < -0.4 is 5.32 Å². The van der Waals surface area contributed by atoms with Gasteiger partial charge in [-0.25, -0.2) is 4.68 Å². The lowest BCUT2D eigenvalue weighted by molar-refractivity contribution is -0.114. The molecule has 1 heterocycles. The van der Waals surface area contributed by atoms with Gasteiger partial charge < -0.3 is 5.32 Å². The molecule has 15 heavy (non-hydrogen) atoms. The smallest absolute Gasteiger partial charge is 0.221 e. The summed E-state index contributed by atoms with van der Waals surface area (Å²) in [5.41, 5.74) is 1.13. The van der Waals surface area contributed by atoms with Crippen molar-refractivity contribution in [2.45, 2.75) is 40.2 Å². The molecule has 5 heteroatoms. The molecule has 0 saturated heterocycles. The van der Waals surface area contributed by atoms with Gasteiger partial charge in [0.15, 0.2) is 5.15 Å². The van der Waals surface area contributed by atoms with Gasteiger partial charge in [-0.05, 0) is 27.7 Å². The van der Waals surface area contributed by atoms with E-state index in [-0.39, 0.29) is 11.4 Å². The summed E-state index contributed by atoms with van der Waals surface area (Å²) >= 11 is 6.14. The molecule has 0 aromatic carbocycles. The Morgan fingerprint density at radius 1 is 1.47 bits per heavy atom. The van der Waals surface area contributed by atoms with Gasteiger partial charge in [0.2, 0.25) is 5.91 Å². The van der Waals surface area contributed by atoms with Gasteiger partial charge in [-0.3, -0.25) is 4.79 Å². The first-order valence-electron chi connectivity index (χ1n) is 4.76. The number of amides is 1. The maximum atomic E-state index is 11.0. The lowest BCUT2D eigenvalue weighted by Gasteiger charge is -2.20. The molecule has 0 aliphatic heterocycles. The van der Waals surface area contributed by atoms with E-state index < -0.39 is 0 Å². The van der Waals surface area contributed by atoms with Gasteiger partial charge in [-0.15, -0.1) is 0 Å². The average molecular weight is 230 g/mol. The van der Waals surface area contributed by atoms with E-state index in [1.807, 2.05) is 27.7 Å². The van der Waals surface area contributed by atoms with E-state index in [4.69, 9.17) is 11.6 Å². The van der Waals surface area contributed by atoms with Crippen molar-refractivity contribution in [3.8, 4) is 0 Å². The highest BCUT2D eigenvalue weighted by atomic mass is 35.5. The highest BCUT2D eigenvalue weighted by molar-refractivity contribution is 6.32. The molecular formula is C10H16ClN3O. The van der Waals surface area contributed by atoms with Gasteiger partial charge >= 0.3 is 0 Å². The number of halogens is 1. The predicted octanol–water partition coefficient (Wildman–Crippen LogP) is 2.56. The van der Waals surface area contributed by atoms with Crippen molar-refractivity contribution in [3.63, 3.8) is 0 Å². The average Bonchev–Trinajstić information content (AvgIpc) is 2.30. The quantitative estimate of drug-likeness (QED) is 0.805. The standard InChI is InChI=1S/C10H16ClN3O/c1-6-8(12-7(2)15)9(11)14(13-6)10(3,4)5/h1-5H3,(H,12,15). The van der Waals surface area contributed by atoms with E-state index in [0.717, 1.165) is 5.69 Å². The molecule has 4 nitrogen and oxygen atoms in total. The van der Waals surface area contributed by atoms with Crippen LogP contribution in [0.3, 0.4) is 0 Å². The monoisotopic (exact) mass is 229 g/mol. The number of aromatic nitrogens is 2. The summed E-state index contributed by atoms with van der Waals surface area (Å²) < 4.78 is 1.70.